The quantitative estimate of drug-likeness (QED) is 0.503. The molecular formula is C25H23N3O2. The van der Waals surface area contributed by atoms with Gasteiger partial charge in [0.1, 0.15) is 5.65 Å². The van der Waals surface area contributed by atoms with Gasteiger partial charge in [-0.05, 0) is 37.0 Å². The molecule has 0 atom stereocenters. The maximum absolute atomic E-state index is 12.0. The Bertz CT molecular complexity index is 1220. The summed E-state index contributed by atoms with van der Waals surface area (Å²) in [5.41, 5.74) is 12.6. The van der Waals surface area contributed by atoms with Crippen LogP contribution in [0.4, 0.5) is 0 Å². The van der Waals surface area contributed by atoms with Gasteiger partial charge in [0, 0.05) is 22.9 Å². The highest BCUT2D eigenvalue weighted by Crippen LogP contribution is 2.40. The van der Waals surface area contributed by atoms with Crippen LogP contribution in [0.25, 0.3) is 28.2 Å². The molecule has 5 nitrogen and oxygen atoms in total. The average Bonchev–Trinajstić information content (AvgIpc) is 3.16. The Balaban J connectivity index is 1.67. The van der Waals surface area contributed by atoms with Gasteiger partial charge in [0.05, 0.1) is 24.1 Å². The van der Waals surface area contributed by atoms with Gasteiger partial charge in [0.25, 0.3) is 0 Å². The molecule has 2 aromatic heterocycles. The minimum absolute atomic E-state index is 0.185. The van der Waals surface area contributed by atoms with Crippen molar-refractivity contribution in [2.75, 3.05) is 7.11 Å². The maximum Gasteiger partial charge on any atom is 0.338 e. The van der Waals surface area contributed by atoms with E-state index in [2.05, 4.69) is 36.4 Å². The van der Waals surface area contributed by atoms with E-state index < -0.39 is 0 Å². The first kappa shape index (κ1) is 18.6. The minimum atomic E-state index is -0.374. The van der Waals surface area contributed by atoms with Gasteiger partial charge in [0.2, 0.25) is 0 Å². The Morgan fingerprint density at radius 1 is 1.03 bits per heavy atom. The molecule has 30 heavy (non-hydrogen) atoms. The van der Waals surface area contributed by atoms with E-state index in [0.29, 0.717) is 11.2 Å². The monoisotopic (exact) mass is 397 g/mol. The van der Waals surface area contributed by atoms with E-state index in [0.717, 1.165) is 35.4 Å². The molecule has 0 saturated heterocycles. The fourth-order valence-electron chi connectivity index (χ4n) is 4.17. The average molecular weight is 397 g/mol. The van der Waals surface area contributed by atoms with Gasteiger partial charge in [-0.25, -0.2) is 9.78 Å². The van der Waals surface area contributed by atoms with E-state index in [1.807, 2.05) is 28.8 Å². The van der Waals surface area contributed by atoms with Crippen LogP contribution in [0.2, 0.25) is 0 Å². The molecule has 0 aliphatic heterocycles. The second kappa shape index (κ2) is 7.11. The highest BCUT2D eigenvalue weighted by Gasteiger charge is 2.34. The van der Waals surface area contributed by atoms with Crippen LogP contribution < -0.4 is 5.73 Å². The van der Waals surface area contributed by atoms with Crippen LogP contribution in [0.5, 0.6) is 0 Å². The molecule has 2 N–H and O–H groups in total. The summed E-state index contributed by atoms with van der Waals surface area (Å²) in [4.78, 5) is 16.9. The third-order valence-electron chi connectivity index (χ3n) is 6.07. The molecule has 5 rings (SSSR count). The summed E-state index contributed by atoms with van der Waals surface area (Å²) in [6.07, 6.45) is 5.13. The van der Waals surface area contributed by atoms with E-state index in [-0.39, 0.29) is 11.5 Å². The zero-order valence-electron chi connectivity index (χ0n) is 16.8. The summed E-state index contributed by atoms with van der Waals surface area (Å²) < 4.78 is 6.88. The van der Waals surface area contributed by atoms with Crippen molar-refractivity contribution < 1.29 is 9.53 Å². The summed E-state index contributed by atoms with van der Waals surface area (Å²) in [5, 5.41) is 0. The number of rotatable bonds is 4. The Kier molecular flexibility index (Phi) is 4.40. The number of aromatic nitrogens is 2. The molecule has 150 valence electrons. The van der Waals surface area contributed by atoms with Crippen LogP contribution in [0.1, 0.15) is 35.2 Å². The van der Waals surface area contributed by atoms with Crippen molar-refractivity contribution in [1.29, 1.82) is 0 Å². The molecule has 4 aromatic rings. The number of carbonyl (C=O) groups is 1. The second-order valence-corrected chi connectivity index (χ2v) is 7.90. The first-order valence-electron chi connectivity index (χ1n) is 10.1. The molecule has 0 spiro atoms. The lowest BCUT2D eigenvalue weighted by Crippen LogP contribution is -2.43. The molecule has 1 aliphatic carbocycles. The molecule has 1 aliphatic rings. The number of hydrogen-bond donors (Lipinski definition) is 1. The zero-order chi connectivity index (χ0) is 20.7. The molecule has 1 saturated carbocycles. The number of carbonyl (C=O) groups excluding carboxylic acids is 1. The van der Waals surface area contributed by atoms with Crippen molar-refractivity contribution in [3.63, 3.8) is 0 Å². The molecule has 1 fully saturated rings. The standard InChI is InChI=1S/C25H23N3O2/c1-30-24(29)19-12-15-28-21(16-19)27-22(23(28)18-6-3-2-4-7-18)17-8-10-20(11-9-17)25(26)13-5-14-25/h2-4,6-12,15-16H,5,13-14,26H2,1H3. The van der Waals surface area contributed by atoms with E-state index in [4.69, 9.17) is 15.5 Å². The molecule has 2 heterocycles. The first-order chi connectivity index (χ1) is 14.6. The normalized spacial score (nSPS) is 15.0. The molecule has 0 unspecified atom stereocenters. The predicted octanol–water partition coefficient (Wildman–Crippen LogP) is 4.79. The van der Waals surface area contributed by atoms with Crippen LogP contribution in [0.15, 0.2) is 72.9 Å². The Morgan fingerprint density at radius 2 is 1.77 bits per heavy atom. The maximum atomic E-state index is 12.0. The van der Waals surface area contributed by atoms with Crippen LogP contribution in [-0.2, 0) is 10.3 Å². The smallest absolute Gasteiger partial charge is 0.338 e. The summed E-state index contributed by atoms with van der Waals surface area (Å²) in [5.74, 6) is -0.374. The first-order valence-corrected chi connectivity index (χ1v) is 10.1. The third-order valence-corrected chi connectivity index (χ3v) is 6.07. The molecular weight excluding hydrogens is 374 g/mol. The number of methoxy groups -OCH3 is 1. The number of hydrogen-bond acceptors (Lipinski definition) is 4. The highest BCUT2D eigenvalue weighted by molar-refractivity contribution is 5.91. The summed E-state index contributed by atoms with van der Waals surface area (Å²) in [7, 11) is 1.38. The molecule has 0 radical (unpaired) electrons. The van der Waals surface area contributed by atoms with Crippen LogP contribution in [0.3, 0.4) is 0 Å². The van der Waals surface area contributed by atoms with Crippen molar-refractivity contribution in [2.45, 2.75) is 24.8 Å². The van der Waals surface area contributed by atoms with Gasteiger partial charge in [-0.3, -0.25) is 4.40 Å². The van der Waals surface area contributed by atoms with Gasteiger partial charge in [-0.2, -0.15) is 0 Å². The Morgan fingerprint density at radius 3 is 2.40 bits per heavy atom. The highest BCUT2D eigenvalue weighted by atomic mass is 16.5. The van der Waals surface area contributed by atoms with Crippen LogP contribution >= 0.6 is 0 Å². The van der Waals surface area contributed by atoms with Crippen LogP contribution in [-0.4, -0.2) is 22.5 Å². The lowest BCUT2D eigenvalue weighted by Gasteiger charge is -2.38. The summed E-state index contributed by atoms with van der Waals surface area (Å²) in [6.45, 7) is 0. The summed E-state index contributed by atoms with van der Waals surface area (Å²) >= 11 is 0. The fourth-order valence-corrected chi connectivity index (χ4v) is 4.17. The van der Waals surface area contributed by atoms with Gasteiger partial charge >= 0.3 is 5.97 Å². The Hall–Kier alpha value is -3.44. The SMILES string of the molecule is COC(=O)c1ccn2c(-c3ccccc3)c(-c3ccc(C4(N)CCC4)cc3)nc2c1. The van der Waals surface area contributed by atoms with Crippen molar-refractivity contribution in [1.82, 2.24) is 9.38 Å². The molecule has 2 aromatic carbocycles. The molecule has 5 heteroatoms. The molecule has 0 bridgehead atoms. The van der Waals surface area contributed by atoms with Gasteiger partial charge in [0.15, 0.2) is 0 Å². The van der Waals surface area contributed by atoms with E-state index >= 15 is 0 Å². The number of nitrogens with two attached hydrogens (primary N) is 1. The van der Waals surface area contributed by atoms with E-state index in [9.17, 15) is 4.79 Å². The van der Waals surface area contributed by atoms with Gasteiger partial charge in [-0.1, -0.05) is 54.6 Å². The fraction of sp³-hybridized carbons (Fsp3) is 0.200. The second-order valence-electron chi connectivity index (χ2n) is 7.90. The van der Waals surface area contributed by atoms with Gasteiger partial charge < -0.3 is 10.5 Å². The van der Waals surface area contributed by atoms with E-state index in [1.165, 1.54) is 19.1 Å². The minimum Gasteiger partial charge on any atom is -0.465 e. The van der Waals surface area contributed by atoms with Gasteiger partial charge in [-0.15, -0.1) is 0 Å². The predicted molar refractivity (Wildman–Crippen MR) is 117 cm³/mol. The lowest BCUT2D eigenvalue weighted by molar-refractivity contribution is 0.0600. The van der Waals surface area contributed by atoms with Crippen LogP contribution in [0, 0.1) is 0 Å². The largest absolute Gasteiger partial charge is 0.465 e. The topological polar surface area (TPSA) is 69.6 Å². The third kappa shape index (κ3) is 2.99. The number of fused-ring (bicyclic) bond motifs is 1. The number of benzene rings is 2. The number of ether oxygens (including phenoxy) is 1. The van der Waals surface area contributed by atoms with Crippen molar-refractivity contribution >= 4 is 11.6 Å². The number of esters is 1. The zero-order valence-corrected chi connectivity index (χ0v) is 16.8. The number of imidazole rings is 1. The summed E-state index contributed by atoms with van der Waals surface area (Å²) in [6, 6.07) is 22.1. The van der Waals surface area contributed by atoms with Crippen molar-refractivity contribution in [3.8, 4) is 22.5 Å². The number of pyridine rings is 1. The van der Waals surface area contributed by atoms with E-state index in [1.54, 1.807) is 12.1 Å². The lowest BCUT2D eigenvalue weighted by atomic mass is 9.72. The van der Waals surface area contributed by atoms with Crippen molar-refractivity contribution in [3.05, 3.63) is 84.1 Å². The molecule has 0 amide bonds. The van der Waals surface area contributed by atoms with Crippen molar-refractivity contribution in [2.24, 2.45) is 5.73 Å². The number of nitrogens with zero attached hydrogens (tertiary/aromatic N) is 2. The Labute approximate surface area is 175 Å².